The van der Waals surface area contributed by atoms with Crippen molar-refractivity contribution in [2.24, 2.45) is 0 Å². The summed E-state index contributed by atoms with van der Waals surface area (Å²) in [7, 11) is 0. The van der Waals surface area contributed by atoms with Crippen molar-refractivity contribution in [3.05, 3.63) is 35.4 Å². The Morgan fingerprint density at radius 1 is 1.27 bits per heavy atom. The second kappa shape index (κ2) is 5.66. The van der Waals surface area contributed by atoms with Gasteiger partial charge in [-0.2, -0.15) is 0 Å². The van der Waals surface area contributed by atoms with Gasteiger partial charge >= 0.3 is 0 Å². The molecule has 0 spiro atoms. The fourth-order valence-electron chi connectivity index (χ4n) is 1.36. The van der Waals surface area contributed by atoms with E-state index in [2.05, 4.69) is 19.2 Å². The number of benzene rings is 1. The quantitative estimate of drug-likeness (QED) is 0.748. The van der Waals surface area contributed by atoms with Crippen molar-refractivity contribution in [1.29, 1.82) is 0 Å². The SMILES string of the molecule is Cc1ccc(C(=O)CCNC(C)C)cc1. The van der Waals surface area contributed by atoms with E-state index in [1.54, 1.807) is 0 Å². The molecule has 0 aliphatic heterocycles. The molecule has 0 saturated heterocycles. The molecule has 0 saturated carbocycles. The third-order valence-electron chi connectivity index (χ3n) is 2.28. The van der Waals surface area contributed by atoms with Crippen molar-refractivity contribution in [1.82, 2.24) is 5.32 Å². The second-order valence-corrected chi connectivity index (χ2v) is 4.15. The van der Waals surface area contributed by atoms with Crippen molar-refractivity contribution >= 4 is 5.78 Å². The number of hydrogen-bond donors (Lipinski definition) is 1. The second-order valence-electron chi connectivity index (χ2n) is 4.15. The van der Waals surface area contributed by atoms with E-state index in [1.807, 2.05) is 31.2 Å². The molecule has 0 radical (unpaired) electrons. The molecule has 0 amide bonds. The summed E-state index contributed by atoms with van der Waals surface area (Å²) >= 11 is 0. The van der Waals surface area contributed by atoms with Crippen LogP contribution in [0, 0.1) is 6.92 Å². The summed E-state index contributed by atoms with van der Waals surface area (Å²) < 4.78 is 0. The number of rotatable bonds is 5. The summed E-state index contributed by atoms with van der Waals surface area (Å²) in [6.07, 6.45) is 0.571. The first-order chi connectivity index (χ1) is 7.09. The predicted octanol–water partition coefficient (Wildman–Crippen LogP) is 2.57. The number of aryl methyl sites for hydroxylation is 1. The summed E-state index contributed by atoms with van der Waals surface area (Å²) in [5.41, 5.74) is 2.00. The molecule has 0 aromatic heterocycles. The molecule has 0 heterocycles. The molecular formula is C13H19NO. The van der Waals surface area contributed by atoms with E-state index in [9.17, 15) is 4.79 Å². The van der Waals surface area contributed by atoms with Gasteiger partial charge in [-0.3, -0.25) is 4.79 Å². The molecule has 2 heteroatoms. The first-order valence-corrected chi connectivity index (χ1v) is 5.43. The number of carbonyl (C=O) groups is 1. The van der Waals surface area contributed by atoms with Gasteiger partial charge in [0.15, 0.2) is 5.78 Å². The Hall–Kier alpha value is -1.15. The minimum Gasteiger partial charge on any atom is -0.314 e. The Morgan fingerprint density at radius 3 is 2.40 bits per heavy atom. The van der Waals surface area contributed by atoms with Crippen LogP contribution in [-0.2, 0) is 0 Å². The van der Waals surface area contributed by atoms with E-state index >= 15 is 0 Å². The molecule has 0 aliphatic carbocycles. The number of Topliss-reactive ketones (excluding diaryl/α,β-unsaturated/α-hetero) is 1. The van der Waals surface area contributed by atoms with E-state index in [4.69, 9.17) is 0 Å². The summed E-state index contributed by atoms with van der Waals surface area (Å²) in [5.74, 6) is 0.211. The Balaban J connectivity index is 2.43. The lowest BCUT2D eigenvalue weighted by atomic mass is 10.1. The first-order valence-electron chi connectivity index (χ1n) is 5.43. The van der Waals surface area contributed by atoms with Crippen molar-refractivity contribution < 1.29 is 4.79 Å². The fraction of sp³-hybridized carbons (Fsp3) is 0.462. The number of carbonyl (C=O) groups excluding carboxylic acids is 1. The normalized spacial score (nSPS) is 10.7. The molecule has 1 aromatic carbocycles. The maximum absolute atomic E-state index is 11.7. The molecule has 1 N–H and O–H groups in total. The van der Waals surface area contributed by atoms with Crippen LogP contribution in [0.4, 0.5) is 0 Å². The molecule has 0 fully saturated rings. The molecule has 15 heavy (non-hydrogen) atoms. The van der Waals surface area contributed by atoms with Crippen LogP contribution in [0.1, 0.15) is 36.2 Å². The van der Waals surface area contributed by atoms with Crippen LogP contribution >= 0.6 is 0 Å². The Labute approximate surface area is 91.7 Å². The molecular weight excluding hydrogens is 186 g/mol. The largest absolute Gasteiger partial charge is 0.314 e. The van der Waals surface area contributed by atoms with Crippen LogP contribution in [0.25, 0.3) is 0 Å². The highest BCUT2D eigenvalue weighted by molar-refractivity contribution is 5.96. The van der Waals surface area contributed by atoms with Gasteiger partial charge < -0.3 is 5.32 Å². The Kier molecular flexibility index (Phi) is 4.50. The highest BCUT2D eigenvalue weighted by Gasteiger charge is 2.04. The summed E-state index contributed by atoms with van der Waals surface area (Å²) in [4.78, 5) is 11.7. The zero-order valence-corrected chi connectivity index (χ0v) is 9.71. The lowest BCUT2D eigenvalue weighted by Crippen LogP contribution is -2.25. The molecule has 0 aliphatic rings. The lowest BCUT2D eigenvalue weighted by molar-refractivity contribution is 0.0982. The lowest BCUT2D eigenvalue weighted by Gasteiger charge is -2.07. The van der Waals surface area contributed by atoms with Crippen LogP contribution in [0.5, 0.6) is 0 Å². The molecule has 0 bridgehead atoms. The fourth-order valence-corrected chi connectivity index (χ4v) is 1.36. The average Bonchev–Trinajstić information content (AvgIpc) is 2.18. The van der Waals surface area contributed by atoms with Crippen molar-refractivity contribution in [3.8, 4) is 0 Å². The van der Waals surface area contributed by atoms with Gasteiger partial charge in [-0.15, -0.1) is 0 Å². The van der Waals surface area contributed by atoms with Gasteiger partial charge in [-0.05, 0) is 6.92 Å². The Morgan fingerprint density at radius 2 is 1.87 bits per heavy atom. The maximum atomic E-state index is 11.7. The van der Waals surface area contributed by atoms with Crippen molar-refractivity contribution in [2.45, 2.75) is 33.2 Å². The summed E-state index contributed by atoms with van der Waals surface area (Å²) in [6.45, 7) is 6.94. The van der Waals surface area contributed by atoms with E-state index in [1.165, 1.54) is 5.56 Å². The van der Waals surface area contributed by atoms with Gasteiger partial charge in [0.2, 0.25) is 0 Å². The van der Waals surface area contributed by atoms with Crippen LogP contribution in [0.2, 0.25) is 0 Å². The smallest absolute Gasteiger partial charge is 0.164 e. The molecule has 1 aromatic rings. The molecule has 2 nitrogen and oxygen atoms in total. The van der Waals surface area contributed by atoms with E-state index in [0.29, 0.717) is 12.5 Å². The Bertz CT molecular complexity index is 314. The van der Waals surface area contributed by atoms with Gasteiger partial charge in [-0.1, -0.05) is 43.7 Å². The predicted molar refractivity (Wildman–Crippen MR) is 63.3 cm³/mol. The molecule has 1 rings (SSSR count). The van der Waals surface area contributed by atoms with Crippen LogP contribution in [-0.4, -0.2) is 18.4 Å². The van der Waals surface area contributed by atoms with Crippen molar-refractivity contribution in [3.63, 3.8) is 0 Å². The van der Waals surface area contributed by atoms with Gasteiger partial charge in [0.25, 0.3) is 0 Å². The van der Waals surface area contributed by atoms with Crippen LogP contribution in [0.15, 0.2) is 24.3 Å². The highest BCUT2D eigenvalue weighted by atomic mass is 16.1. The average molecular weight is 205 g/mol. The van der Waals surface area contributed by atoms with Gasteiger partial charge in [0, 0.05) is 24.6 Å². The third-order valence-corrected chi connectivity index (χ3v) is 2.28. The van der Waals surface area contributed by atoms with Gasteiger partial charge in [0.05, 0.1) is 0 Å². The van der Waals surface area contributed by atoms with Crippen molar-refractivity contribution in [2.75, 3.05) is 6.54 Å². The van der Waals surface area contributed by atoms with Crippen LogP contribution < -0.4 is 5.32 Å². The monoisotopic (exact) mass is 205 g/mol. The zero-order valence-electron chi connectivity index (χ0n) is 9.71. The summed E-state index contributed by atoms with van der Waals surface area (Å²) in [6, 6.07) is 8.18. The minimum absolute atomic E-state index is 0.211. The molecule has 82 valence electrons. The van der Waals surface area contributed by atoms with E-state index in [0.717, 1.165) is 12.1 Å². The third kappa shape index (κ3) is 4.26. The summed E-state index contributed by atoms with van der Waals surface area (Å²) in [5, 5.41) is 3.24. The maximum Gasteiger partial charge on any atom is 0.164 e. The van der Waals surface area contributed by atoms with Gasteiger partial charge in [-0.25, -0.2) is 0 Å². The first kappa shape index (κ1) is 11.9. The van der Waals surface area contributed by atoms with Crippen LogP contribution in [0.3, 0.4) is 0 Å². The minimum atomic E-state index is 0.211. The van der Waals surface area contributed by atoms with Gasteiger partial charge in [0.1, 0.15) is 0 Å². The standard InChI is InChI=1S/C13H19NO/c1-10(2)14-9-8-13(15)12-6-4-11(3)5-7-12/h4-7,10,14H,8-9H2,1-3H3. The topological polar surface area (TPSA) is 29.1 Å². The molecule has 0 atom stereocenters. The van der Waals surface area contributed by atoms with E-state index in [-0.39, 0.29) is 5.78 Å². The number of hydrogen-bond acceptors (Lipinski definition) is 2. The number of ketones is 1. The number of nitrogens with one attached hydrogen (secondary N) is 1. The van der Waals surface area contributed by atoms with E-state index < -0.39 is 0 Å². The highest BCUT2D eigenvalue weighted by Crippen LogP contribution is 2.05. The zero-order chi connectivity index (χ0) is 11.3. The molecule has 0 unspecified atom stereocenters.